The molecule has 0 N–H and O–H groups in total. The number of rotatable bonds is 4. The van der Waals surface area contributed by atoms with Gasteiger partial charge in [0.15, 0.2) is 0 Å². The van der Waals surface area contributed by atoms with Gasteiger partial charge in [0.05, 0.1) is 17.7 Å². The number of aromatic nitrogens is 1. The lowest BCUT2D eigenvalue weighted by atomic mass is 9.85. The molecule has 0 aromatic carbocycles. The molecule has 0 aliphatic heterocycles. The Bertz CT molecular complexity index is 356. The first kappa shape index (κ1) is 12.7. The summed E-state index contributed by atoms with van der Waals surface area (Å²) in [7, 11) is 0. The molecule has 0 saturated heterocycles. The molecule has 1 fully saturated rings. The molecule has 2 rings (SSSR count). The Morgan fingerprint density at radius 1 is 1.47 bits per heavy atom. The number of ether oxygens (including phenoxy) is 1. The minimum Gasteiger partial charge on any atom is -0.490 e. The van der Waals surface area contributed by atoms with Crippen LogP contribution in [-0.4, -0.2) is 11.1 Å². The summed E-state index contributed by atoms with van der Waals surface area (Å²) in [4.78, 5) is 4.17. The monoisotopic (exact) mass is 253 g/mol. The van der Waals surface area contributed by atoms with Crippen molar-refractivity contribution in [3.63, 3.8) is 0 Å². The van der Waals surface area contributed by atoms with Gasteiger partial charge in [0.1, 0.15) is 5.75 Å². The molecular formula is C14H20ClNO. The molecule has 0 radical (unpaired) electrons. The van der Waals surface area contributed by atoms with Gasteiger partial charge in [-0.15, -0.1) is 11.6 Å². The van der Waals surface area contributed by atoms with E-state index in [9.17, 15) is 0 Å². The Kier molecular flexibility index (Phi) is 4.66. The molecule has 1 aliphatic rings. The van der Waals surface area contributed by atoms with Crippen molar-refractivity contribution >= 4 is 11.6 Å². The summed E-state index contributed by atoms with van der Waals surface area (Å²) in [5.74, 6) is 2.19. The van der Waals surface area contributed by atoms with E-state index in [1.165, 1.54) is 32.1 Å². The summed E-state index contributed by atoms with van der Waals surface area (Å²) >= 11 is 5.77. The van der Waals surface area contributed by atoms with Crippen LogP contribution < -0.4 is 4.74 Å². The van der Waals surface area contributed by atoms with Crippen LogP contribution in [0.3, 0.4) is 0 Å². The van der Waals surface area contributed by atoms with E-state index in [2.05, 4.69) is 11.9 Å². The van der Waals surface area contributed by atoms with E-state index < -0.39 is 0 Å². The van der Waals surface area contributed by atoms with Crippen molar-refractivity contribution in [2.24, 2.45) is 5.92 Å². The predicted molar refractivity (Wildman–Crippen MR) is 70.5 cm³/mol. The maximum Gasteiger partial charge on any atom is 0.123 e. The second kappa shape index (κ2) is 6.25. The van der Waals surface area contributed by atoms with Crippen molar-refractivity contribution in [1.82, 2.24) is 4.98 Å². The normalized spacial score (nSPS) is 24.6. The largest absolute Gasteiger partial charge is 0.490 e. The van der Waals surface area contributed by atoms with Gasteiger partial charge in [-0.2, -0.15) is 0 Å². The van der Waals surface area contributed by atoms with E-state index in [-0.39, 0.29) is 0 Å². The average molecular weight is 254 g/mol. The van der Waals surface area contributed by atoms with Crippen LogP contribution in [0.2, 0.25) is 0 Å². The summed E-state index contributed by atoms with van der Waals surface area (Å²) < 4.78 is 6.03. The third-order valence-corrected chi connectivity index (χ3v) is 3.81. The maximum atomic E-state index is 6.03. The molecule has 94 valence electrons. The molecule has 1 aliphatic carbocycles. The maximum absolute atomic E-state index is 6.03. The molecule has 1 saturated carbocycles. The second-order valence-electron chi connectivity index (χ2n) is 4.80. The molecule has 0 spiro atoms. The van der Waals surface area contributed by atoms with Crippen molar-refractivity contribution in [2.45, 2.75) is 51.0 Å². The van der Waals surface area contributed by atoms with E-state index in [0.29, 0.717) is 12.0 Å². The Hall–Kier alpha value is -0.760. The quantitative estimate of drug-likeness (QED) is 0.752. The highest BCUT2D eigenvalue weighted by Crippen LogP contribution is 2.29. The molecule has 17 heavy (non-hydrogen) atoms. The number of alkyl halides is 1. The van der Waals surface area contributed by atoms with Gasteiger partial charge in [0.25, 0.3) is 0 Å². The van der Waals surface area contributed by atoms with Crippen molar-refractivity contribution in [1.29, 1.82) is 0 Å². The first-order chi connectivity index (χ1) is 8.31. The number of hydrogen-bond donors (Lipinski definition) is 0. The summed E-state index contributed by atoms with van der Waals surface area (Å²) in [6.07, 6.45) is 8.43. The zero-order chi connectivity index (χ0) is 12.1. The fourth-order valence-corrected chi connectivity index (χ4v) is 2.66. The van der Waals surface area contributed by atoms with Crippen molar-refractivity contribution in [2.75, 3.05) is 0 Å². The highest BCUT2D eigenvalue weighted by Gasteiger charge is 2.22. The zero-order valence-electron chi connectivity index (χ0n) is 10.4. The van der Waals surface area contributed by atoms with Gasteiger partial charge in [-0.25, -0.2) is 0 Å². The Morgan fingerprint density at radius 2 is 2.35 bits per heavy atom. The molecule has 2 unspecified atom stereocenters. The fourth-order valence-electron chi connectivity index (χ4n) is 2.51. The highest BCUT2D eigenvalue weighted by molar-refractivity contribution is 6.16. The SMILES string of the molecule is CCC1CCCC(Oc2ccnc(CCl)c2)C1. The molecule has 2 nitrogen and oxygen atoms in total. The Labute approximate surface area is 108 Å². The van der Waals surface area contributed by atoms with Crippen LogP contribution >= 0.6 is 11.6 Å². The van der Waals surface area contributed by atoms with Crippen molar-refractivity contribution in [3.8, 4) is 5.75 Å². The first-order valence-corrected chi connectivity index (χ1v) is 7.02. The van der Waals surface area contributed by atoms with Crippen LogP contribution in [0.15, 0.2) is 18.3 Å². The minimum absolute atomic E-state index is 0.374. The van der Waals surface area contributed by atoms with E-state index in [1.54, 1.807) is 6.20 Å². The van der Waals surface area contributed by atoms with Crippen LogP contribution in [0.4, 0.5) is 0 Å². The van der Waals surface area contributed by atoms with Gasteiger partial charge >= 0.3 is 0 Å². The number of pyridine rings is 1. The van der Waals surface area contributed by atoms with Gasteiger partial charge in [-0.05, 0) is 31.2 Å². The molecule has 1 aromatic heterocycles. The van der Waals surface area contributed by atoms with E-state index >= 15 is 0 Å². The van der Waals surface area contributed by atoms with Gasteiger partial charge in [-0.1, -0.05) is 19.8 Å². The lowest BCUT2D eigenvalue weighted by Gasteiger charge is -2.29. The molecule has 3 heteroatoms. The smallest absolute Gasteiger partial charge is 0.123 e. The Morgan fingerprint density at radius 3 is 3.12 bits per heavy atom. The Balaban J connectivity index is 1.95. The van der Waals surface area contributed by atoms with Crippen molar-refractivity contribution < 1.29 is 4.74 Å². The van der Waals surface area contributed by atoms with Crippen LogP contribution in [-0.2, 0) is 5.88 Å². The molecule has 1 aromatic rings. The summed E-state index contributed by atoms with van der Waals surface area (Å²) in [6, 6.07) is 3.87. The highest BCUT2D eigenvalue weighted by atomic mass is 35.5. The lowest BCUT2D eigenvalue weighted by Crippen LogP contribution is -2.25. The molecule has 0 bridgehead atoms. The van der Waals surface area contributed by atoms with Crippen LogP contribution in [0.25, 0.3) is 0 Å². The number of hydrogen-bond acceptors (Lipinski definition) is 2. The van der Waals surface area contributed by atoms with E-state index in [1.807, 2.05) is 12.1 Å². The van der Waals surface area contributed by atoms with E-state index in [4.69, 9.17) is 16.3 Å². The predicted octanol–water partition coefficient (Wildman–Crippen LogP) is 4.17. The van der Waals surface area contributed by atoms with Gasteiger partial charge < -0.3 is 4.74 Å². The van der Waals surface area contributed by atoms with Crippen LogP contribution in [0.1, 0.15) is 44.7 Å². The zero-order valence-corrected chi connectivity index (χ0v) is 11.1. The average Bonchev–Trinajstić information content (AvgIpc) is 2.39. The van der Waals surface area contributed by atoms with Crippen LogP contribution in [0, 0.1) is 5.92 Å². The molecule has 0 amide bonds. The summed E-state index contributed by atoms with van der Waals surface area (Å²) in [5.41, 5.74) is 0.881. The van der Waals surface area contributed by atoms with Crippen LogP contribution in [0.5, 0.6) is 5.75 Å². The van der Waals surface area contributed by atoms with Crippen molar-refractivity contribution in [3.05, 3.63) is 24.0 Å². The number of nitrogens with zero attached hydrogens (tertiary/aromatic N) is 1. The number of halogens is 1. The molecular weight excluding hydrogens is 234 g/mol. The first-order valence-electron chi connectivity index (χ1n) is 6.49. The van der Waals surface area contributed by atoms with Gasteiger partial charge in [0.2, 0.25) is 0 Å². The fraction of sp³-hybridized carbons (Fsp3) is 0.643. The summed E-state index contributed by atoms with van der Waals surface area (Å²) in [6.45, 7) is 2.27. The third kappa shape index (κ3) is 3.60. The lowest BCUT2D eigenvalue weighted by molar-refractivity contribution is 0.122. The second-order valence-corrected chi connectivity index (χ2v) is 5.06. The van der Waals surface area contributed by atoms with Gasteiger partial charge in [0, 0.05) is 12.3 Å². The molecule has 1 heterocycles. The summed E-state index contributed by atoms with van der Waals surface area (Å²) in [5, 5.41) is 0. The standard InChI is InChI=1S/C14H20ClNO/c1-2-11-4-3-5-13(8-11)17-14-6-7-16-12(9-14)10-15/h6-7,9,11,13H,2-5,8,10H2,1H3. The third-order valence-electron chi connectivity index (χ3n) is 3.54. The minimum atomic E-state index is 0.374. The van der Waals surface area contributed by atoms with Gasteiger partial charge in [-0.3, -0.25) is 4.98 Å². The van der Waals surface area contributed by atoms with E-state index in [0.717, 1.165) is 17.4 Å². The molecule has 2 atom stereocenters. The topological polar surface area (TPSA) is 22.1 Å².